The van der Waals surface area contributed by atoms with Gasteiger partial charge in [-0.1, -0.05) is 43.4 Å². The molecule has 1 aliphatic rings. The molecule has 0 saturated carbocycles. The zero-order valence-electron chi connectivity index (χ0n) is 9.66. The van der Waals surface area contributed by atoms with E-state index in [-0.39, 0.29) is 11.5 Å². The molecule has 0 bridgehead atoms. The van der Waals surface area contributed by atoms with E-state index in [2.05, 4.69) is 43.4 Å². The molecule has 4 heteroatoms. The minimum atomic E-state index is -0.762. The van der Waals surface area contributed by atoms with Crippen LogP contribution in [-0.4, -0.2) is 33.1 Å². The highest BCUT2D eigenvalue weighted by atomic mass is 127. The fraction of sp³-hybridized carbons (Fsp3) is 0.909. The van der Waals surface area contributed by atoms with Crippen molar-refractivity contribution in [3.05, 3.63) is 0 Å². The molecule has 15 heavy (non-hydrogen) atoms. The van der Waals surface area contributed by atoms with Crippen LogP contribution in [0.1, 0.15) is 33.6 Å². The number of halogens is 1. The van der Waals surface area contributed by atoms with Crippen molar-refractivity contribution in [2.24, 2.45) is 11.3 Å². The first-order valence-corrected chi connectivity index (χ1v) is 6.94. The highest BCUT2D eigenvalue weighted by molar-refractivity contribution is 14.1. The molecule has 0 aliphatic carbocycles. The Bertz CT molecular complexity index is 237. The van der Waals surface area contributed by atoms with Gasteiger partial charge in [0.2, 0.25) is 0 Å². The number of alkyl halides is 1. The standard InChI is InChI=1S/C11H20INO2/c1-11(2,3)9-6-8(7-12)4-5-13(9)10(14)15/h8-9H,4-7H2,1-3H3,(H,14,15). The first kappa shape index (κ1) is 13.1. The Kier molecular flexibility index (Phi) is 4.26. The molecule has 0 spiro atoms. The molecule has 1 fully saturated rings. The molecule has 0 aromatic heterocycles. The van der Waals surface area contributed by atoms with Gasteiger partial charge in [0, 0.05) is 17.0 Å². The van der Waals surface area contributed by atoms with Gasteiger partial charge in [-0.2, -0.15) is 0 Å². The van der Waals surface area contributed by atoms with Gasteiger partial charge >= 0.3 is 6.09 Å². The van der Waals surface area contributed by atoms with Crippen LogP contribution in [0.2, 0.25) is 0 Å². The average molecular weight is 325 g/mol. The van der Waals surface area contributed by atoms with Crippen molar-refractivity contribution < 1.29 is 9.90 Å². The van der Waals surface area contributed by atoms with Crippen LogP contribution in [0.25, 0.3) is 0 Å². The third kappa shape index (κ3) is 3.23. The number of likely N-dealkylation sites (tertiary alicyclic amines) is 1. The van der Waals surface area contributed by atoms with E-state index in [1.807, 2.05) is 0 Å². The molecule has 1 N–H and O–H groups in total. The number of carbonyl (C=O) groups is 1. The summed E-state index contributed by atoms with van der Waals surface area (Å²) in [6, 6.07) is 0.170. The van der Waals surface area contributed by atoms with Gasteiger partial charge in [-0.15, -0.1) is 0 Å². The van der Waals surface area contributed by atoms with Crippen LogP contribution in [0.3, 0.4) is 0 Å². The number of piperidine rings is 1. The number of nitrogens with zero attached hydrogens (tertiary/aromatic N) is 1. The highest BCUT2D eigenvalue weighted by Crippen LogP contribution is 2.35. The van der Waals surface area contributed by atoms with E-state index in [0.717, 1.165) is 17.3 Å². The molecule has 3 nitrogen and oxygen atoms in total. The molecule has 2 unspecified atom stereocenters. The van der Waals surface area contributed by atoms with E-state index in [1.54, 1.807) is 4.90 Å². The van der Waals surface area contributed by atoms with Crippen molar-refractivity contribution in [3.8, 4) is 0 Å². The van der Waals surface area contributed by atoms with Gasteiger partial charge in [0.15, 0.2) is 0 Å². The van der Waals surface area contributed by atoms with Gasteiger partial charge in [0.05, 0.1) is 0 Å². The lowest BCUT2D eigenvalue weighted by Gasteiger charge is -2.44. The summed E-state index contributed by atoms with van der Waals surface area (Å²) in [4.78, 5) is 12.8. The van der Waals surface area contributed by atoms with Crippen LogP contribution in [0.4, 0.5) is 4.79 Å². The van der Waals surface area contributed by atoms with Crippen molar-refractivity contribution in [2.75, 3.05) is 11.0 Å². The fourth-order valence-electron chi connectivity index (χ4n) is 2.23. The minimum Gasteiger partial charge on any atom is -0.465 e. The van der Waals surface area contributed by atoms with Crippen LogP contribution in [0.15, 0.2) is 0 Å². The lowest BCUT2D eigenvalue weighted by molar-refractivity contribution is 0.0451. The molecule has 88 valence electrons. The van der Waals surface area contributed by atoms with Crippen LogP contribution in [-0.2, 0) is 0 Å². The summed E-state index contributed by atoms with van der Waals surface area (Å²) in [5, 5.41) is 9.16. The molecule has 1 amide bonds. The van der Waals surface area contributed by atoms with Crippen LogP contribution >= 0.6 is 22.6 Å². The normalized spacial score (nSPS) is 27.9. The maximum atomic E-state index is 11.1. The van der Waals surface area contributed by atoms with Gasteiger partial charge in [-0.05, 0) is 24.2 Å². The molecule has 0 radical (unpaired) electrons. The molecular weight excluding hydrogens is 305 g/mol. The smallest absolute Gasteiger partial charge is 0.407 e. The molecule has 1 rings (SSSR count). The number of amides is 1. The van der Waals surface area contributed by atoms with Crippen molar-refractivity contribution in [1.29, 1.82) is 0 Å². The summed E-state index contributed by atoms with van der Waals surface area (Å²) in [6.45, 7) is 7.08. The second kappa shape index (κ2) is 4.89. The quantitative estimate of drug-likeness (QED) is 0.594. The van der Waals surface area contributed by atoms with E-state index in [4.69, 9.17) is 5.11 Å². The highest BCUT2D eigenvalue weighted by Gasteiger charge is 2.38. The molecular formula is C11H20INO2. The third-order valence-electron chi connectivity index (χ3n) is 3.17. The maximum Gasteiger partial charge on any atom is 0.407 e. The topological polar surface area (TPSA) is 40.5 Å². The van der Waals surface area contributed by atoms with Crippen LogP contribution < -0.4 is 0 Å². The summed E-state index contributed by atoms with van der Waals surface area (Å²) in [5.41, 5.74) is 0.0445. The minimum absolute atomic E-state index is 0.0445. The summed E-state index contributed by atoms with van der Waals surface area (Å²) in [5.74, 6) is 0.686. The van der Waals surface area contributed by atoms with E-state index in [9.17, 15) is 4.79 Å². The monoisotopic (exact) mass is 325 g/mol. The predicted octanol–water partition coefficient (Wildman–Crippen LogP) is 3.23. The largest absolute Gasteiger partial charge is 0.465 e. The maximum absolute atomic E-state index is 11.1. The number of rotatable bonds is 1. The van der Waals surface area contributed by atoms with Crippen molar-refractivity contribution >= 4 is 28.7 Å². The number of carboxylic acid groups (broad SMARTS) is 1. The first-order valence-electron chi connectivity index (χ1n) is 5.41. The molecule has 1 heterocycles. The fourth-order valence-corrected chi connectivity index (χ4v) is 3.03. The second-order valence-corrected chi connectivity index (χ2v) is 6.28. The van der Waals surface area contributed by atoms with Crippen LogP contribution in [0.5, 0.6) is 0 Å². The number of hydrogen-bond acceptors (Lipinski definition) is 1. The Morgan fingerprint density at radius 3 is 2.53 bits per heavy atom. The molecule has 2 atom stereocenters. The zero-order valence-corrected chi connectivity index (χ0v) is 11.8. The van der Waals surface area contributed by atoms with Gasteiger partial charge in [-0.3, -0.25) is 0 Å². The summed E-state index contributed by atoms with van der Waals surface area (Å²) in [6.07, 6.45) is 1.27. The lowest BCUT2D eigenvalue weighted by Crippen LogP contribution is -2.51. The van der Waals surface area contributed by atoms with Crippen LogP contribution in [0, 0.1) is 11.3 Å². The van der Waals surface area contributed by atoms with E-state index < -0.39 is 6.09 Å². The molecule has 1 aliphatic heterocycles. The van der Waals surface area contributed by atoms with Crippen molar-refractivity contribution in [3.63, 3.8) is 0 Å². The zero-order chi connectivity index (χ0) is 11.6. The van der Waals surface area contributed by atoms with E-state index in [1.165, 1.54) is 0 Å². The van der Waals surface area contributed by atoms with Crippen molar-refractivity contribution in [1.82, 2.24) is 4.90 Å². The lowest BCUT2D eigenvalue weighted by atomic mass is 9.77. The van der Waals surface area contributed by atoms with E-state index in [0.29, 0.717) is 12.5 Å². The molecule has 0 aromatic carbocycles. The molecule has 0 aromatic rings. The Hall–Kier alpha value is 0. The summed E-state index contributed by atoms with van der Waals surface area (Å²) >= 11 is 2.40. The summed E-state index contributed by atoms with van der Waals surface area (Å²) < 4.78 is 1.14. The summed E-state index contributed by atoms with van der Waals surface area (Å²) in [7, 11) is 0. The average Bonchev–Trinajstić information content (AvgIpc) is 2.15. The predicted molar refractivity (Wildman–Crippen MR) is 69.6 cm³/mol. The molecule has 1 saturated heterocycles. The van der Waals surface area contributed by atoms with E-state index >= 15 is 0 Å². The van der Waals surface area contributed by atoms with Gasteiger partial charge < -0.3 is 10.0 Å². The Morgan fingerprint density at radius 1 is 1.53 bits per heavy atom. The van der Waals surface area contributed by atoms with Gasteiger partial charge in [0.1, 0.15) is 0 Å². The Labute approximate surface area is 105 Å². The SMILES string of the molecule is CC(C)(C)C1CC(CI)CCN1C(=O)O. The van der Waals surface area contributed by atoms with Gasteiger partial charge in [-0.25, -0.2) is 4.79 Å². The van der Waals surface area contributed by atoms with Gasteiger partial charge in [0.25, 0.3) is 0 Å². The first-order chi connectivity index (χ1) is 6.86. The van der Waals surface area contributed by atoms with Crippen molar-refractivity contribution in [2.45, 2.75) is 39.7 Å². The third-order valence-corrected chi connectivity index (χ3v) is 4.42. The second-order valence-electron chi connectivity index (χ2n) is 5.40. The Balaban J connectivity index is 2.78. The number of hydrogen-bond donors (Lipinski definition) is 1. The Morgan fingerprint density at radius 2 is 2.13 bits per heavy atom.